The molecule has 1 unspecified atom stereocenters. The molecule has 3 rings (SSSR count). The number of rotatable bonds is 3. The first-order valence-electron chi connectivity index (χ1n) is 6.44. The van der Waals surface area contributed by atoms with Crippen LogP contribution in [-0.4, -0.2) is 24.3 Å². The average Bonchev–Trinajstić information content (AvgIpc) is 2.77. The Balaban J connectivity index is 2.03. The van der Waals surface area contributed by atoms with Gasteiger partial charge in [0.1, 0.15) is 6.20 Å². The molecule has 0 radical (unpaired) electrons. The maximum atomic E-state index is 11.9. The van der Waals surface area contributed by atoms with Crippen LogP contribution in [-0.2, 0) is 6.42 Å². The lowest BCUT2D eigenvalue weighted by molar-refractivity contribution is 0.593. The summed E-state index contributed by atoms with van der Waals surface area (Å²) in [5.74, 6) is 0.620. The standard InChI is InChI=1S/C14H14N4OS/c1-9(2)7-10-3-5-11(6-4-10)13-14-12(20(19)17-13)8-15-18-16-14/h3-6,8-9H,7H2,1-2H3. The Kier molecular flexibility index (Phi) is 3.42. The number of benzene rings is 1. The fourth-order valence-electron chi connectivity index (χ4n) is 2.19. The van der Waals surface area contributed by atoms with E-state index in [4.69, 9.17) is 0 Å². The van der Waals surface area contributed by atoms with E-state index in [9.17, 15) is 4.55 Å². The Morgan fingerprint density at radius 3 is 2.65 bits per heavy atom. The van der Waals surface area contributed by atoms with E-state index in [-0.39, 0.29) is 0 Å². The molecular formula is C14H14N4OS. The van der Waals surface area contributed by atoms with Crippen molar-refractivity contribution in [2.45, 2.75) is 20.3 Å². The number of nitrogens with zero attached hydrogens (tertiary/aromatic N) is 4. The molecule has 102 valence electrons. The molecule has 0 aliphatic heterocycles. The van der Waals surface area contributed by atoms with Gasteiger partial charge in [0.25, 0.3) is 0 Å². The zero-order chi connectivity index (χ0) is 14.1. The molecule has 6 heteroatoms. The molecule has 0 amide bonds. The van der Waals surface area contributed by atoms with Gasteiger partial charge >= 0.3 is 0 Å². The number of hydrogen-bond donors (Lipinski definition) is 0. The van der Waals surface area contributed by atoms with Gasteiger partial charge in [-0.3, -0.25) is 0 Å². The van der Waals surface area contributed by atoms with Crippen molar-refractivity contribution in [3.8, 4) is 11.3 Å². The molecule has 0 saturated heterocycles. The van der Waals surface area contributed by atoms with E-state index >= 15 is 0 Å². The summed E-state index contributed by atoms with van der Waals surface area (Å²) in [6.07, 6.45) is 2.50. The third-order valence-corrected chi connectivity index (χ3v) is 4.09. The molecule has 0 N–H and O–H groups in total. The van der Waals surface area contributed by atoms with E-state index in [0.29, 0.717) is 21.8 Å². The summed E-state index contributed by atoms with van der Waals surface area (Å²) in [7, 11) is -1.42. The molecule has 3 aromatic rings. The maximum absolute atomic E-state index is 11.9. The lowest BCUT2D eigenvalue weighted by Crippen LogP contribution is -1.93. The predicted molar refractivity (Wildman–Crippen MR) is 77.8 cm³/mol. The number of hydrogen-bond acceptors (Lipinski definition) is 5. The Morgan fingerprint density at radius 2 is 1.95 bits per heavy atom. The van der Waals surface area contributed by atoms with Crippen LogP contribution in [0.4, 0.5) is 0 Å². The number of fused-ring (bicyclic) bond motifs is 1. The van der Waals surface area contributed by atoms with Crippen molar-refractivity contribution in [1.29, 1.82) is 0 Å². The van der Waals surface area contributed by atoms with Gasteiger partial charge in [0.05, 0.1) is 10.9 Å². The molecule has 2 aromatic heterocycles. The van der Waals surface area contributed by atoms with Crippen LogP contribution in [0.3, 0.4) is 0 Å². The summed E-state index contributed by atoms with van der Waals surface area (Å²) in [5, 5.41) is 11.2. The van der Waals surface area contributed by atoms with E-state index in [1.807, 2.05) is 12.1 Å². The third-order valence-electron chi connectivity index (χ3n) is 3.06. The van der Waals surface area contributed by atoms with Crippen molar-refractivity contribution >= 4 is 21.2 Å². The smallest absolute Gasteiger partial charge is 0.247 e. The van der Waals surface area contributed by atoms with Crippen molar-refractivity contribution in [3.05, 3.63) is 36.0 Å². The van der Waals surface area contributed by atoms with Crippen LogP contribution in [0.15, 0.2) is 30.5 Å². The summed E-state index contributed by atoms with van der Waals surface area (Å²) in [5.41, 5.74) is 3.38. The monoisotopic (exact) mass is 286 g/mol. The highest BCUT2D eigenvalue weighted by molar-refractivity contribution is 7.26. The number of aromatic nitrogens is 4. The van der Waals surface area contributed by atoms with Crippen molar-refractivity contribution in [3.63, 3.8) is 0 Å². The van der Waals surface area contributed by atoms with Gasteiger partial charge in [-0.25, -0.2) is 0 Å². The van der Waals surface area contributed by atoms with Gasteiger partial charge in [0.15, 0.2) is 11.2 Å². The van der Waals surface area contributed by atoms with Gasteiger partial charge in [0.2, 0.25) is 4.70 Å². The van der Waals surface area contributed by atoms with Gasteiger partial charge in [-0.1, -0.05) is 38.1 Å². The Morgan fingerprint density at radius 1 is 1.20 bits per heavy atom. The quantitative estimate of drug-likeness (QED) is 0.692. The highest BCUT2D eigenvalue weighted by Gasteiger charge is 2.19. The summed E-state index contributed by atoms with van der Waals surface area (Å²) in [6, 6.07) is 8.14. The molecule has 0 bridgehead atoms. The van der Waals surface area contributed by atoms with Crippen LogP contribution in [0.2, 0.25) is 0 Å². The molecule has 20 heavy (non-hydrogen) atoms. The van der Waals surface area contributed by atoms with Crippen LogP contribution < -0.4 is 0 Å². The molecule has 0 fully saturated rings. The van der Waals surface area contributed by atoms with Gasteiger partial charge < -0.3 is 4.55 Å². The Labute approximate surface area is 119 Å². The summed E-state index contributed by atoms with van der Waals surface area (Å²) in [4.78, 5) is 0. The van der Waals surface area contributed by atoms with Crippen molar-refractivity contribution in [2.24, 2.45) is 5.92 Å². The van der Waals surface area contributed by atoms with E-state index in [0.717, 1.165) is 12.0 Å². The fraction of sp³-hybridized carbons (Fsp3) is 0.286. The summed E-state index contributed by atoms with van der Waals surface area (Å²) in [6.45, 7) is 4.38. The highest BCUT2D eigenvalue weighted by atomic mass is 32.2. The molecule has 2 heterocycles. The largest absolute Gasteiger partial charge is 0.568 e. The molecule has 0 spiro atoms. The third kappa shape index (κ3) is 2.39. The minimum absolute atomic E-state index is 0.529. The first-order valence-corrected chi connectivity index (χ1v) is 7.54. The van der Waals surface area contributed by atoms with Crippen LogP contribution in [0.25, 0.3) is 21.5 Å². The van der Waals surface area contributed by atoms with Crippen LogP contribution in [0.1, 0.15) is 19.4 Å². The van der Waals surface area contributed by atoms with E-state index in [2.05, 4.69) is 45.8 Å². The first kappa shape index (κ1) is 13.1. The topological polar surface area (TPSA) is 74.6 Å². The minimum atomic E-state index is -1.42. The SMILES string of the molecule is CC(C)Cc1ccc(-c2n[s+]([O-])c3cnnnc23)cc1. The second kappa shape index (κ2) is 5.22. The lowest BCUT2D eigenvalue weighted by atomic mass is 10.0. The van der Waals surface area contributed by atoms with Gasteiger partial charge in [-0.05, 0) is 27.5 Å². The lowest BCUT2D eigenvalue weighted by Gasteiger charge is -2.05. The zero-order valence-corrected chi connectivity index (χ0v) is 12.1. The van der Waals surface area contributed by atoms with Crippen LogP contribution in [0.5, 0.6) is 0 Å². The fourth-order valence-corrected chi connectivity index (χ4v) is 3.08. The average molecular weight is 286 g/mol. The van der Waals surface area contributed by atoms with Crippen molar-refractivity contribution < 1.29 is 4.55 Å². The normalized spacial score (nSPS) is 12.3. The molecule has 5 nitrogen and oxygen atoms in total. The van der Waals surface area contributed by atoms with E-state index in [1.54, 1.807) is 0 Å². The first-order chi connectivity index (χ1) is 9.65. The second-order valence-corrected chi connectivity index (χ2v) is 6.25. The Bertz CT molecular complexity index is 737. The van der Waals surface area contributed by atoms with Gasteiger partial charge in [-0.2, -0.15) is 0 Å². The van der Waals surface area contributed by atoms with Gasteiger partial charge in [0, 0.05) is 5.56 Å². The molecule has 0 saturated carbocycles. The highest BCUT2D eigenvalue weighted by Crippen LogP contribution is 2.32. The molecular weight excluding hydrogens is 272 g/mol. The predicted octanol–water partition coefficient (Wildman–Crippen LogP) is 3.01. The minimum Gasteiger partial charge on any atom is -0.568 e. The summed E-state index contributed by atoms with van der Waals surface area (Å²) >= 11 is 0. The van der Waals surface area contributed by atoms with Crippen molar-refractivity contribution in [2.75, 3.05) is 0 Å². The zero-order valence-electron chi connectivity index (χ0n) is 11.3. The maximum Gasteiger partial charge on any atom is 0.247 e. The van der Waals surface area contributed by atoms with Crippen LogP contribution >= 0.6 is 10.9 Å². The van der Waals surface area contributed by atoms with E-state index < -0.39 is 10.9 Å². The summed E-state index contributed by atoms with van der Waals surface area (Å²) < 4.78 is 16.6. The molecule has 0 aliphatic rings. The molecule has 1 atom stereocenters. The van der Waals surface area contributed by atoms with Gasteiger partial charge in [-0.15, -0.1) is 10.2 Å². The van der Waals surface area contributed by atoms with Crippen molar-refractivity contribution in [1.82, 2.24) is 19.8 Å². The molecule has 0 aliphatic carbocycles. The molecule has 1 aromatic carbocycles. The second-order valence-electron chi connectivity index (χ2n) is 5.13. The Hall–Kier alpha value is -1.92. The van der Waals surface area contributed by atoms with Crippen LogP contribution in [0, 0.1) is 5.92 Å². The van der Waals surface area contributed by atoms with E-state index in [1.165, 1.54) is 11.8 Å².